The lowest BCUT2D eigenvalue weighted by atomic mass is 9.92. The standard InChI is InChI=1S/C19H30O3Si/c1-19(2,3)23(5,6)21-14-17-16(12-13-18(20-4)22-17)15-10-8-7-9-11-15/h7-13,16-18H,14H2,1-6H3/t16-,17+,18-/m0/s1. The molecule has 0 N–H and O–H groups in total. The first-order chi connectivity index (χ1) is 10.7. The molecule has 1 heterocycles. The highest BCUT2D eigenvalue weighted by atomic mass is 28.4. The Balaban J connectivity index is 2.14. The van der Waals surface area contributed by atoms with E-state index in [-0.39, 0.29) is 23.4 Å². The molecule has 0 amide bonds. The van der Waals surface area contributed by atoms with Crippen molar-refractivity contribution in [2.75, 3.05) is 13.7 Å². The maximum atomic E-state index is 6.40. The van der Waals surface area contributed by atoms with Gasteiger partial charge < -0.3 is 13.9 Å². The molecule has 0 fully saturated rings. The third-order valence-electron chi connectivity index (χ3n) is 5.02. The number of benzene rings is 1. The minimum Gasteiger partial charge on any atom is -0.414 e. The molecule has 1 aliphatic heterocycles. The van der Waals surface area contributed by atoms with Gasteiger partial charge in [0.05, 0.1) is 12.7 Å². The quantitative estimate of drug-likeness (QED) is 0.576. The lowest BCUT2D eigenvalue weighted by Gasteiger charge is -2.39. The van der Waals surface area contributed by atoms with Gasteiger partial charge in [-0.3, -0.25) is 0 Å². The van der Waals surface area contributed by atoms with Crippen LogP contribution in [-0.2, 0) is 13.9 Å². The molecule has 0 radical (unpaired) electrons. The van der Waals surface area contributed by atoms with Crippen LogP contribution in [0.25, 0.3) is 0 Å². The smallest absolute Gasteiger partial charge is 0.192 e. The molecule has 4 heteroatoms. The fourth-order valence-electron chi connectivity index (χ4n) is 2.42. The van der Waals surface area contributed by atoms with Crippen molar-refractivity contribution < 1.29 is 13.9 Å². The van der Waals surface area contributed by atoms with E-state index in [9.17, 15) is 0 Å². The van der Waals surface area contributed by atoms with Crippen molar-refractivity contribution in [1.29, 1.82) is 0 Å². The molecule has 2 rings (SSSR count). The number of hydrogen-bond acceptors (Lipinski definition) is 3. The molecule has 0 spiro atoms. The first kappa shape index (κ1) is 18.4. The van der Waals surface area contributed by atoms with Gasteiger partial charge in [0.2, 0.25) is 0 Å². The Kier molecular flexibility index (Phi) is 5.84. The SMILES string of the molecule is CO[C@@H]1C=C[C@@H](c2ccccc2)[C@@H](CO[Si](C)(C)C(C)(C)C)O1. The summed E-state index contributed by atoms with van der Waals surface area (Å²) in [7, 11) is -0.126. The number of methoxy groups -OCH3 is 1. The Morgan fingerprint density at radius 3 is 2.30 bits per heavy atom. The minimum atomic E-state index is -1.80. The number of rotatable bonds is 5. The van der Waals surface area contributed by atoms with Crippen LogP contribution in [0.15, 0.2) is 42.5 Å². The van der Waals surface area contributed by atoms with E-state index in [1.54, 1.807) is 7.11 Å². The van der Waals surface area contributed by atoms with E-state index in [1.165, 1.54) is 5.56 Å². The maximum absolute atomic E-state index is 6.40. The van der Waals surface area contributed by atoms with Crippen molar-refractivity contribution in [3.63, 3.8) is 0 Å². The summed E-state index contributed by atoms with van der Waals surface area (Å²) in [6.45, 7) is 11.9. The second kappa shape index (κ2) is 7.30. The van der Waals surface area contributed by atoms with E-state index >= 15 is 0 Å². The summed E-state index contributed by atoms with van der Waals surface area (Å²) in [6.07, 6.45) is 3.86. The van der Waals surface area contributed by atoms with Gasteiger partial charge in [0.1, 0.15) is 0 Å². The second-order valence-corrected chi connectivity index (χ2v) is 12.5. The van der Waals surface area contributed by atoms with Crippen molar-refractivity contribution in [1.82, 2.24) is 0 Å². The van der Waals surface area contributed by atoms with Gasteiger partial charge in [-0.25, -0.2) is 0 Å². The fourth-order valence-corrected chi connectivity index (χ4v) is 3.44. The molecular weight excluding hydrogens is 304 g/mol. The largest absolute Gasteiger partial charge is 0.414 e. The van der Waals surface area contributed by atoms with Gasteiger partial charge >= 0.3 is 0 Å². The van der Waals surface area contributed by atoms with Crippen LogP contribution < -0.4 is 0 Å². The molecule has 1 aromatic carbocycles. The summed E-state index contributed by atoms with van der Waals surface area (Å²) in [5, 5.41) is 0.195. The molecule has 128 valence electrons. The molecule has 0 unspecified atom stereocenters. The van der Waals surface area contributed by atoms with E-state index in [1.807, 2.05) is 12.1 Å². The first-order valence-corrected chi connectivity index (χ1v) is 11.2. The van der Waals surface area contributed by atoms with Crippen LogP contribution in [0.1, 0.15) is 32.3 Å². The molecule has 0 aromatic heterocycles. The summed E-state index contributed by atoms with van der Waals surface area (Å²) < 4.78 is 17.9. The fraction of sp³-hybridized carbons (Fsp3) is 0.579. The molecule has 1 aliphatic rings. The van der Waals surface area contributed by atoms with E-state index in [4.69, 9.17) is 13.9 Å². The van der Waals surface area contributed by atoms with Crippen LogP contribution in [0, 0.1) is 0 Å². The normalized spacial score (nSPS) is 25.6. The van der Waals surface area contributed by atoms with Gasteiger partial charge in [0, 0.05) is 13.0 Å². The monoisotopic (exact) mass is 334 g/mol. The average Bonchev–Trinajstić information content (AvgIpc) is 2.52. The molecule has 1 aromatic rings. The zero-order chi connectivity index (χ0) is 17.1. The summed E-state index contributed by atoms with van der Waals surface area (Å²) in [5.74, 6) is 0.201. The van der Waals surface area contributed by atoms with Crippen LogP contribution >= 0.6 is 0 Å². The lowest BCUT2D eigenvalue weighted by molar-refractivity contribution is -0.146. The molecule has 3 nitrogen and oxygen atoms in total. The predicted octanol–water partition coefficient (Wildman–Crippen LogP) is 4.72. The average molecular weight is 335 g/mol. The van der Waals surface area contributed by atoms with Gasteiger partial charge in [-0.1, -0.05) is 57.2 Å². The van der Waals surface area contributed by atoms with E-state index in [2.05, 4.69) is 64.2 Å². The van der Waals surface area contributed by atoms with Gasteiger partial charge in [-0.15, -0.1) is 0 Å². The highest BCUT2D eigenvalue weighted by Gasteiger charge is 2.39. The molecule has 0 aliphatic carbocycles. The minimum absolute atomic E-state index is 0.0264. The Morgan fingerprint density at radius 1 is 1.09 bits per heavy atom. The highest BCUT2D eigenvalue weighted by molar-refractivity contribution is 6.74. The second-order valence-electron chi connectivity index (χ2n) is 7.67. The molecule has 23 heavy (non-hydrogen) atoms. The Hall–Kier alpha value is -0.943. The summed E-state index contributed by atoms with van der Waals surface area (Å²) in [5.41, 5.74) is 1.25. The molecule has 3 atom stereocenters. The van der Waals surface area contributed by atoms with Crippen molar-refractivity contribution >= 4 is 8.32 Å². The van der Waals surface area contributed by atoms with Gasteiger partial charge in [0.25, 0.3) is 0 Å². The van der Waals surface area contributed by atoms with E-state index in [0.29, 0.717) is 6.61 Å². The van der Waals surface area contributed by atoms with Crippen LogP contribution in [-0.4, -0.2) is 34.4 Å². The van der Waals surface area contributed by atoms with Crippen LogP contribution in [0.4, 0.5) is 0 Å². The zero-order valence-electron chi connectivity index (χ0n) is 15.2. The molecule has 0 bridgehead atoms. The Labute approximate surface area is 141 Å². The van der Waals surface area contributed by atoms with Crippen molar-refractivity contribution in [3.05, 3.63) is 48.0 Å². The van der Waals surface area contributed by atoms with Gasteiger partial charge in [-0.05, 0) is 29.8 Å². The third-order valence-corrected chi connectivity index (χ3v) is 9.52. The summed E-state index contributed by atoms with van der Waals surface area (Å²) in [6, 6.07) is 10.5. The van der Waals surface area contributed by atoms with Crippen LogP contribution in [0.3, 0.4) is 0 Å². The van der Waals surface area contributed by atoms with Gasteiger partial charge in [-0.2, -0.15) is 0 Å². The van der Waals surface area contributed by atoms with Crippen molar-refractivity contribution in [2.24, 2.45) is 0 Å². The summed E-state index contributed by atoms with van der Waals surface area (Å²) >= 11 is 0. The number of hydrogen-bond donors (Lipinski definition) is 0. The van der Waals surface area contributed by atoms with Gasteiger partial charge in [0.15, 0.2) is 14.6 Å². The van der Waals surface area contributed by atoms with E-state index < -0.39 is 8.32 Å². The molecular formula is C19H30O3Si. The first-order valence-electron chi connectivity index (χ1n) is 8.30. The van der Waals surface area contributed by atoms with Crippen molar-refractivity contribution in [2.45, 2.75) is 57.2 Å². The third kappa shape index (κ3) is 4.54. The summed E-state index contributed by atoms with van der Waals surface area (Å²) in [4.78, 5) is 0. The van der Waals surface area contributed by atoms with Crippen LogP contribution in [0.5, 0.6) is 0 Å². The van der Waals surface area contributed by atoms with Crippen molar-refractivity contribution in [3.8, 4) is 0 Å². The maximum Gasteiger partial charge on any atom is 0.192 e. The molecule has 0 saturated carbocycles. The highest BCUT2D eigenvalue weighted by Crippen LogP contribution is 2.38. The number of ether oxygens (including phenoxy) is 2. The Bertz CT molecular complexity index is 519. The predicted molar refractivity (Wildman–Crippen MR) is 97.1 cm³/mol. The topological polar surface area (TPSA) is 27.7 Å². The molecule has 0 saturated heterocycles. The lowest BCUT2D eigenvalue weighted by Crippen LogP contribution is -2.45. The van der Waals surface area contributed by atoms with E-state index in [0.717, 1.165) is 0 Å². The van der Waals surface area contributed by atoms with Crippen LogP contribution in [0.2, 0.25) is 18.1 Å². The zero-order valence-corrected chi connectivity index (χ0v) is 16.2. The Morgan fingerprint density at radius 2 is 1.74 bits per heavy atom.